The van der Waals surface area contributed by atoms with Gasteiger partial charge in [-0.3, -0.25) is 0 Å². The van der Waals surface area contributed by atoms with Gasteiger partial charge < -0.3 is 0 Å². The molecular weight excluding hydrogens is 348 g/mol. The van der Waals surface area contributed by atoms with Crippen LogP contribution in [0.3, 0.4) is 0 Å². The van der Waals surface area contributed by atoms with Crippen molar-refractivity contribution in [3.63, 3.8) is 0 Å². The third kappa shape index (κ3) is 27.6. The van der Waals surface area contributed by atoms with E-state index in [2.05, 4.69) is 12.8 Å². The van der Waals surface area contributed by atoms with Gasteiger partial charge in [0.05, 0.1) is 0 Å². The van der Waals surface area contributed by atoms with Crippen molar-refractivity contribution in [1.29, 1.82) is 0 Å². The van der Waals surface area contributed by atoms with Gasteiger partial charge in [0, 0.05) is 6.42 Å². The number of rotatable bonds is 25. The molecule has 0 saturated carbocycles. The summed E-state index contributed by atoms with van der Waals surface area (Å²) in [5.74, 6) is 2.48. The minimum absolute atomic E-state index is 0.860. The lowest BCUT2D eigenvalue weighted by Crippen LogP contribution is -1.84. The van der Waals surface area contributed by atoms with E-state index in [1.807, 2.05) is 0 Å². The van der Waals surface area contributed by atoms with E-state index in [0.717, 1.165) is 6.42 Å². The Morgan fingerprint density at radius 2 is 0.552 bits per heavy atom. The fourth-order valence-corrected chi connectivity index (χ4v) is 4.35. The van der Waals surface area contributed by atoms with E-state index in [0.29, 0.717) is 0 Å². The zero-order valence-electron chi connectivity index (χ0n) is 20.4. The lowest BCUT2D eigenvalue weighted by molar-refractivity contribution is 0.516. The van der Waals surface area contributed by atoms with Crippen LogP contribution in [0.2, 0.25) is 0 Å². The van der Waals surface area contributed by atoms with Crippen LogP contribution in [-0.4, -0.2) is 0 Å². The Kier molecular flexibility index (Phi) is 27.1. The normalized spacial score (nSPS) is 11.0. The highest BCUT2D eigenvalue weighted by molar-refractivity contribution is 4.74. The van der Waals surface area contributed by atoms with Crippen molar-refractivity contribution in [2.45, 2.75) is 174 Å². The van der Waals surface area contributed by atoms with Crippen LogP contribution in [0.25, 0.3) is 0 Å². The Morgan fingerprint density at radius 1 is 0.345 bits per heavy atom. The van der Waals surface area contributed by atoms with E-state index in [1.54, 1.807) is 0 Å². The van der Waals surface area contributed by atoms with Crippen LogP contribution in [0, 0.1) is 12.3 Å². The van der Waals surface area contributed by atoms with Gasteiger partial charge in [-0.1, -0.05) is 167 Å². The highest BCUT2D eigenvalue weighted by atomic mass is 14.0. The van der Waals surface area contributed by atoms with Crippen LogP contribution in [0.4, 0.5) is 0 Å². The monoisotopic (exact) mass is 403 g/mol. The molecule has 0 bridgehead atoms. The summed E-state index contributed by atoms with van der Waals surface area (Å²) in [6.07, 6.45) is 43.7. The third-order valence-electron chi connectivity index (χ3n) is 6.41. The molecule has 1 radical (unpaired) electrons. The van der Waals surface area contributed by atoms with Gasteiger partial charge in [-0.2, -0.15) is 0 Å². The maximum absolute atomic E-state index is 6.89. The predicted octanol–water partition coefficient (Wildman–Crippen LogP) is 10.7. The van der Waals surface area contributed by atoms with Crippen molar-refractivity contribution in [3.8, 4) is 5.92 Å². The Bertz CT molecular complexity index is 310. The van der Waals surface area contributed by atoms with E-state index in [-0.39, 0.29) is 0 Å². The molecule has 0 aromatic rings. The van der Waals surface area contributed by atoms with Crippen LogP contribution in [-0.2, 0) is 0 Å². The van der Waals surface area contributed by atoms with Crippen LogP contribution < -0.4 is 0 Å². The molecule has 0 aliphatic heterocycles. The quantitative estimate of drug-likeness (QED) is 0.105. The Morgan fingerprint density at radius 3 is 0.759 bits per heavy atom. The fourth-order valence-electron chi connectivity index (χ4n) is 4.35. The second-order valence-electron chi connectivity index (χ2n) is 9.41. The molecular formula is C29H55. The second kappa shape index (κ2) is 27.6. The van der Waals surface area contributed by atoms with Crippen LogP contribution in [0.5, 0.6) is 0 Å². The summed E-state index contributed by atoms with van der Waals surface area (Å²) < 4.78 is 0. The maximum atomic E-state index is 6.89. The molecule has 0 aromatic heterocycles. The highest BCUT2D eigenvalue weighted by Gasteiger charge is 1.96. The van der Waals surface area contributed by atoms with Gasteiger partial charge in [0.2, 0.25) is 0 Å². The molecule has 0 aliphatic carbocycles. The van der Waals surface area contributed by atoms with Crippen LogP contribution in [0.1, 0.15) is 174 Å². The summed E-state index contributed by atoms with van der Waals surface area (Å²) in [7, 11) is 0. The Hall–Kier alpha value is -0.440. The van der Waals surface area contributed by atoms with Crippen LogP contribution >= 0.6 is 0 Å². The second-order valence-corrected chi connectivity index (χ2v) is 9.41. The molecule has 0 unspecified atom stereocenters. The number of hydrogen-bond donors (Lipinski definition) is 0. The lowest BCUT2D eigenvalue weighted by Gasteiger charge is -2.04. The first-order chi connectivity index (χ1) is 14.4. The summed E-state index contributed by atoms with van der Waals surface area (Å²) in [5, 5.41) is 0. The molecule has 0 rings (SSSR count). The Labute approximate surface area is 186 Å². The minimum atomic E-state index is 0.860. The first kappa shape index (κ1) is 28.6. The topological polar surface area (TPSA) is 0 Å². The van der Waals surface area contributed by atoms with Crippen LogP contribution in [0.15, 0.2) is 0 Å². The fraction of sp³-hybridized carbons (Fsp3) is 0.931. The standard InChI is InChI=1S/C29H55/c1-3-5-7-9-11-13-15-17-19-21-23-25-27-29-28-26-24-22-20-18-16-14-12-10-8-6-4-2/h3,5-29H2,1H3. The van der Waals surface area contributed by atoms with E-state index in [1.165, 1.54) is 161 Å². The van der Waals surface area contributed by atoms with Crippen molar-refractivity contribution in [2.75, 3.05) is 0 Å². The van der Waals surface area contributed by atoms with Gasteiger partial charge in [0.1, 0.15) is 0 Å². The molecule has 0 N–H and O–H groups in total. The van der Waals surface area contributed by atoms with Crippen molar-refractivity contribution in [3.05, 3.63) is 6.42 Å². The van der Waals surface area contributed by atoms with Crippen molar-refractivity contribution in [2.24, 2.45) is 0 Å². The van der Waals surface area contributed by atoms with Crippen molar-refractivity contribution >= 4 is 0 Å². The first-order valence-electron chi connectivity index (χ1n) is 13.8. The lowest BCUT2D eigenvalue weighted by atomic mass is 10.0. The molecule has 29 heavy (non-hydrogen) atoms. The highest BCUT2D eigenvalue weighted by Crippen LogP contribution is 2.15. The van der Waals surface area contributed by atoms with Gasteiger partial charge in [-0.25, -0.2) is 0 Å². The van der Waals surface area contributed by atoms with Gasteiger partial charge in [-0.15, -0.1) is 0 Å². The molecule has 0 amide bonds. The molecule has 0 fully saturated rings. The minimum Gasteiger partial charge on any atom is -0.0891 e. The molecule has 171 valence electrons. The molecule has 0 aromatic carbocycles. The summed E-state index contributed by atoms with van der Waals surface area (Å²) in [6, 6.07) is 0. The van der Waals surface area contributed by atoms with E-state index < -0.39 is 0 Å². The van der Waals surface area contributed by atoms with E-state index in [4.69, 9.17) is 6.42 Å². The zero-order chi connectivity index (χ0) is 21.1. The molecule has 0 heteroatoms. The summed E-state index contributed by atoms with van der Waals surface area (Å²) in [4.78, 5) is 0. The summed E-state index contributed by atoms with van der Waals surface area (Å²) in [6.45, 7) is 2.30. The number of unbranched alkanes of at least 4 members (excludes halogenated alkanes) is 25. The van der Waals surface area contributed by atoms with Gasteiger partial charge in [0.25, 0.3) is 0 Å². The van der Waals surface area contributed by atoms with E-state index >= 15 is 0 Å². The van der Waals surface area contributed by atoms with Crippen molar-refractivity contribution < 1.29 is 0 Å². The van der Waals surface area contributed by atoms with Gasteiger partial charge in [0.15, 0.2) is 0 Å². The SMILES string of the molecule is [C]#CCCCCCCCCCCCCCCCCCCCCCCCCCCC. The number of hydrogen-bond acceptors (Lipinski definition) is 0. The van der Waals surface area contributed by atoms with Gasteiger partial charge >= 0.3 is 0 Å². The zero-order valence-corrected chi connectivity index (χ0v) is 20.4. The largest absolute Gasteiger partial charge is 0.0891 e. The first-order valence-corrected chi connectivity index (χ1v) is 13.8. The molecule has 0 saturated heterocycles. The predicted molar refractivity (Wildman–Crippen MR) is 133 cm³/mol. The molecule has 0 spiro atoms. The smallest absolute Gasteiger partial charge is 0.00989 e. The van der Waals surface area contributed by atoms with Crippen molar-refractivity contribution in [1.82, 2.24) is 0 Å². The third-order valence-corrected chi connectivity index (χ3v) is 6.41. The van der Waals surface area contributed by atoms with E-state index in [9.17, 15) is 0 Å². The molecule has 0 nitrogen and oxygen atoms in total. The Balaban J connectivity index is 2.98. The maximum Gasteiger partial charge on any atom is 0.00989 e. The summed E-state index contributed by atoms with van der Waals surface area (Å²) in [5.41, 5.74) is 0. The molecule has 0 aliphatic rings. The molecule has 0 atom stereocenters. The van der Waals surface area contributed by atoms with Gasteiger partial charge in [-0.05, 0) is 12.8 Å². The summed E-state index contributed by atoms with van der Waals surface area (Å²) >= 11 is 0. The average Bonchev–Trinajstić information content (AvgIpc) is 2.74. The average molecular weight is 404 g/mol. The molecule has 0 heterocycles.